The van der Waals surface area contributed by atoms with Gasteiger partial charge >= 0.3 is 12.1 Å². The van der Waals surface area contributed by atoms with Crippen LogP contribution in [-0.4, -0.2) is 61.1 Å². The summed E-state index contributed by atoms with van der Waals surface area (Å²) in [5.41, 5.74) is 0.388. The highest BCUT2D eigenvalue weighted by molar-refractivity contribution is 5.91. The van der Waals surface area contributed by atoms with Gasteiger partial charge in [0.05, 0.1) is 7.11 Å². The summed E-state index contributed by atoms with van der Waals surface area (Å²) in [6.45, 7) is 6.25. The monoisotopic (exact) mass is 431 g/mol. The van der Waals surface area contributed by atoms with Gasteiger partial charge in [-0.2, -0.15) is 0 Å². The summed E-state index contributed by atoms with van der Waals surface area (Å²) >= 11 is 0. The van der Waals surface area contributed by atoms with Gasteiger partial charge in [0.2, 0.25) is 11.8 Å². The van der Waals surface area contributed by atoms with Crippen molar-refractivity contribution in [2.45, 2.75) is 39.3 Å². The SMILES string of the molecule is C#Cc1ccc(C(C(=O)NCC(=O)OC)N(CC)C(=O)CNC(=O)OC(C)(C)C)cc1. The van der Waals surface area contributed by atoms with Crippen LogP contribution in [0.5, 0.6) is 0 Å². The Morgan fingerprint density at radius 2 is 1.71 bits per heavy atom. The fourth-order valence-corrected chi connectivity index (χ4v) is 2.63. The van der Waals surface area contributed by atoms with Crippen LogP contribution in [0, 0.1) is 12.3 Å². The first-order chi connectivity index (χ1) is 14.5. The molecular weight excluding hydrogens is 402 g/mol. The number of alkyl carbamates (subject to hydrolysis) is 1. The summed E-state index contributed by atoms with van der Waals surface area (Å²) in [6, 6.07) is 5.51. The fraction of sp³-hybridized carbons (Fsp3) is 0.455. The summed E-state index contributed by atoms with van der Waals surface area (Å²) in [6.07, 6.45) is 4.63. The molecule has 1 aromatic rings. The van der Waals surface area contributed by atoms with Gasteiger partial charge in [-0.25, -0.2) is 4.79 Å². The van der Waals surface area contributed by atoms with Gasteiger partial charge in [0.15, 0.2) is 0 Å². The van der Waals surface area contributed by atoms with Crippen molar-refractivity contribution in [1.82, 2.24) is 15.5 Å². The van der Waals surface area contributed by atoms with Gasteiger partial charge in [0.25, 0.3) is 0 Å². The minimum absolute atomic E-state index is 0.169. The molecule has 0 spiro atoms. The summed E-state index contributed by atoms with van der Waals surface area (Å²) < 4.78 is 9.66. The van der Waals surface area contributed by atoms with Gasteiger partial charge in [-0.1, -0.05) is 18.1 Å². The Hall–Kier alpha value is -3.54. The van der Waals surface area contributed by atoms with Crippen LogP contribution in [0.15, 0.2) is 24.3 Å². The van der Waals surface area contributed by atoms with Crippen molar-refractivity contribution in [3.8, 4) is 12.3 Å². The summed E-state index contributed by atoms with van der Waals surface area (Å²) in [7, 11) is 1.20. The second kappa shape index (κ2) is 11.6. The van der Waals surface area contributed by atoms with Crippen LogP contribution in [0.1, 0.15) is 44.9 Å². The van der Waals surface area contributed by atoms with Crippen molar-refractivity contribution >= 4 is 23.9 Å². The smallest absolute Gasteiger partial charge is 0.408 e. The van der Waals surface area contributed by atoms with E-state index in [0.717, 1.165) is 0 Å². The molecule has 0 heterocycles. The molecule has 0 fully saturated rings. The minimum atomic E-state index is -1.05. The average molecular weight is 431 g/mol. The number of ether oxygens (including phenoxy) is 2. The number of nitrogens with one attached hydrogen (secondary N) is 2. The van der Waals surface area contributed by atoms with E-state index in [1.165, 1.54) is 12.0 Å². The Kier molecular flexibility index (Phi) is 9.54. The van der Waals surface area contributed by atoms with Crippen molar-refractivity contribution in [3.05, 3.63) is 35.4 Å². The number of amides is 3. The van der Waals surface area contributed by atoms with Crippen molar-refractivity contribution in [2.75, 3.05) is 26.7 Å². The molecule has 1 unspecified atom stereocenters. The van der Waals surface area contributed by atoms with Gasteiger partial charge in [-0.15, -0.1) is 6.42 Å². The lowest BCUT2D eigenvalue weighted by Crippen LogP contribution is -2.48. The first kappa shape index (κ1) is 25.5. The lowest BCUT2D eigenvalue weighted by atomic mass is 10.0. The fourth-order valence-electron chi connectivity index (χ4n) is 2.63. The van der Waals surface area contributed by atoms with Crippen LogP contribution in [-0.2, 0) is 23.9 Å². The number of carbonyl (C=O) groups excluding carboxylic acids is 4. The molecule has 0 aliphatic carbocycles. The molecular formula is C22H29N3O6. The van der Waals surface area contributed by atoms with Crippen LogP contribution in [0.2, 0.25) is 0 Å². The lowest BCUT2D eigenvalue weighted by Gasteiger charge is -2.30. The molecule has 1 rings (SSSR count). The number of rotatable bonds is 8. The maximum absolute atomic E-state index is 12.9. The number of esters is 1. The van der Waals surface area contributed by atoms with Crippen LogP contribution < -0.4 is 10.6 Å². The Bertz CT molecular complexity index is 836. The van der Waals surface area contributed by atoms with E-state index in [1.54, 1.807) is 52.0 Å². The van der Waals surface area contributed by atoms with E-state index in [1.807, 2.05) is 0 Å². The number of hydrogen-bond acceptors (Lipinski definition) is 6. The number of methoxy groups -OCH3 is 1. The largest absolute Gasteiger partial charge is 0.468 e. The number of carbonyl (C=O) groups is 4. The van der Waals surface area contributed by atoms with Crippen LogP contribution in [0.4, 0.5) is 4.79 Å². The molecule has 0 saturated heterocycles. The molecule has 0 aromatic heterocycles. The first-order valence-electron chi connectivity index (χ1n) is 9.69. The second-order valence-corrected chi connectivity index (χ2v) is 7.50. The number of likely N-dealkylation sites (N-methyl/N-ethyl adjacent to an activating group) is 1. The standard InChI is InChI=1S/C22H29N3O6/c1-7-15-9-11-16(12-10-15)19(20(28)23-14-18(27)30-6)25(8-2)17(26)13-24-21(29)31-22(3,4)5/h1,9-12,19H,8,13-14H2,2-6H3,(H,23,28)(H,24,29). The molecule has 1 aromatic carbocycles. The molecule has 1 atom stereocenters. The zero-order chi connectivity index (χ0) is 23.6. The third-order valence-electron chi connectivity index (χ3n) is 4.03. The number of hydrogen-bond donors (Lipinski definition) is 2. The molecule has 0 aliphatic rings. The van der Waals surface area contributed by atoms with Crippen molar-refractivity contribution in [3.63, 3.8) is 0 Å². The van der Waals surface area contributed by atoms with Gasteiger partial charge in [-0.05, 0) is 45.4 Å². The molecule has 2 N–H and O–H groups in total. The van der Waals surface area contributed by atoms with Gasteiger partial charge < -0.3 is 25.0 Å². The van der Waals surface area contributed by atoms with Gasteiger partial charge in [-0.3, -0.25) is 14.4 Å². The van der Waals surface area contributed by atoms with E-state index in [4.69, 9.17) is 11.2 Å². The molecule has 3 amide bonds. The molecule has 168 valence electrons. The Morgan fingerprint density at radius 1 is 1.10 bits per heavy atom. The molecule has 0 saturated carbocycles. The summed E-state index contributed by atoms with van der Waals surface area (Å²) in [4.78, 5) is 50.3. The molecule has 9 nitrogen and oxygen atoms in total. The van der Waals surface area contributed by atoms with E-state index in [2.05, 4.69) is 21.3 Å². The summed E-state index contributed by atoms with van der Waals surface area (Å²) in [5.74, 6) is 0.770. The molecule has 0 bridgehead atoms. The highest BCUT2D eigenvalue weighted by Gasteiger charge is 2.31. The predicted octanol–water partition coefficient (Wildman–Crippen LogP) is 1.37. The van der Waals surface area contributed by atoms with Crippen LogP contribution in [0.25, 0.3) is 0 Å². The topological polar surface area (TPSA) is 114 Å². The average Bonchev–Trinajstić information content (AvgIpc) is 2.72. The quantitative estimate of drug-likeness (QED) is 0.475. The minimum Gasteiger partial charge on any atom is -0.468 e. The molecule has 0 radical (unpaired) electrons. The lowest BCUT2D eigenvalue weighted by molar-refractivity contribution is -0.143. The van der Waals surface area contributed by atoms with E-state index in [9.17, 15) is 19.2 Å². The van der Waals surface area contributed by atoms with Gasteiger partial charge in [0, 0.05) is 12.1 Å². The third kappa shape index (κ3) is 8.38. The number of terminal acetylenes is 1. The number of benzene rings is 1. The van der Waals surface area contributed by atoms with E-state index in [-0.39, 0.29) is 19.6 Å². The highest BCUT2D eigenvalue weighted by Crippen LogP contribution is 2.22. The highest BCUT2D eigenvalue weighted by atomic mass is 16.6. The zero-order valence-electron chi connectivity index (χ0n) is 18.5. The second-order valence-electron chi connectivity index (χ2n) is 7.50. The van der Waals surface area contributed by atoms with E-state index in [0.29, 0.717) is 11.1 Å². The van der Waals surface area contributed by atoms with E-state index < -0.39 is 35.5 Å². The zero-order valence-corrected chi connectivity index (χ0v) is 18.5. The first-order valence-corrected chi connectivity index (χ1v) is 9.69. The van der Waals surface area contributed by atoms with Crippen molar-refractivity contribution in [2.24, 2.45) is 0 Å². The summed E-state index contributed by atoms with van der Waals surface area (Å²) in [5, 5.41) is 4.86. The van der Waals surface area contributed by atoms with E-state index >= 15 is 0 Å². The Labute approximate surface area is 182 Å². The maximum atomic E-state index is 12.9. The van der Waals surface area contributed by atoms with Crippen molar-refractivity contribution < 1.29 is 28.7 Å². The molecule has 31 heavy (non-hydrogen) atoms. The third-order valence-corrected chi connectivity index (χ3v) is 4.03. The van der Waals surface area contributed by atoms with Crippen LogP contribution >= 0.6 is 0 Å². The molecule has 9 heteroatoms. The maximum Gasteiger partial charge on any atom is 0.408 e. The molecule has 0 aliphatic heterocycles. The Balaban J connectivity index is 3.07. The van der Waals surface area contributed by atoms with Crippen molar-refractivity contribution in [1.29, 1.82) is 0 Å². The predicted molar refractivity (Wildman–Crippen MR) is 114 cm³/mol. The van der Waals surface area contributed by atoms with Gasteiger partial charge in [0.1, 0.15) is 24.7 Å². The van der Waals surface area contributed by atoms with Crippen LogP contribution in [0.3, 0.4) is 0 Å². The number of nitrogens with zero attached hydrogens (tertiary/aromatic N) is 1. The normalized spacial score (nSPS) is 11.5. The Morgan fingerprint density at radius 3 is 2.19 bits per heavy atom.